The molecule has 0 bridgehead atoms. The van der Waals surface area contributed by atoms with Crippen molar-refractivity contribution in [1.82, 2.24) is 0 Å². The average Bonchev–Trinajstić information content (AvgIpc) is 2.47. The van der Waals surface area contributed by atoms with E-state index < -0.39 is 15.8 Å². The lowest BCUT2D eigenvalue weighted by atomic mass is 10.2. The first-order valence-corrected chi connectivity index (χ1v) is 7.44. The van der Waals surface area contributed by atoms with E-state index in [9.17, 15) is 12.8 Å². The Balaban J connectivity index is 2.53. The van der Waals surface area contributed by atoms with Gasteiger partial charge in [0.2, 0.25) is 0 Å². The van der Waals surface area contributed by atoms with Gasteiger partial charge in [0.1, 0.15) is 5.82 Å². The Hall–Kier alpha value is -1.92. The summed E-state index contributed by atoms with van der Waals surface area (Å²) < 4.78 is 39.8. The quantitative estimate of drug-likeness (QED) is 0.939. The molecule has 0 saturated carbocycles. The molecule has 106 valence electrons. The minimum atomic E-state index is -3.84. The van der Waals surface area contributed by atoms with Gasteiger partial charge in [0.05, 0.1) is 10.6 Å². The van der Waals surface area contributed by atoms with E-state index in [0.29, 0.717) is 5.56 Å². The van der Waals surface area contributed by atoms with Crippen LogP contribution in [0.3, 0.4) is 0 Å². The fourth-order valence-electron chi connectivity index (χ4n) is 1.91. The maximum absolute atomic E-state index is 13.7. The highest BCUT2D eigenvalue weighted by atomic mass is 32.2. The summed E-state index contributed by atoms with van der Waals surface area (Å²) in [5.74, 6) is -0.594. The molecule has 0 aromatic heterocycles. The molecule has 6 heteroatoms. The molecule has 20 heavy (non-hydrogen) atoms. The Labute approximate surface area is 117 Å². The zero-order valence-electron chi connectivity index (χ0n) is 11.0. The highest BCUT2D eigenvalue weighted by Crippen LogP contribution is 2.26. The predicted octanol–water partition coefficient (Wildman–Crippen LogP) is 2.11. The van der Waals surface area contributed by atoms with E-state index in [1.54, 1.807) is 24.3 Å². The van der Waals surface area contributed by atoms with E-state index in [4.69, 9.17) is 5.73 Å². The zero-order chi connectivity index (χ0) is 14.8. The lowest BCUT2D eigenvalue weighted by Gasteiger charge is -2.21. The second-order valence-corrected chi connectivity index (χ2v) is 6.17. The number of anilines is 1. The van der Waals surface area contributed by atoms with Crippen LogP contribution in [0.25, 0.3) is 0 Å². The molecule has 0 unspecified atom stereocenters. The third-order valence-electron chi connectivity index (χ3n) is 3.02. The van der Waals surface area contributed by atoms with Crippen molar-refractivity contribution >= 4 is 15.7 Å². The summed E-state index contributed by atoms with van der Waals surface area (Å²) in [6.07, 6.45) is 0. The van der Waals surface area contributed by atoms with E-state index in [1.807, 2.05) is 0 Å². The summed E-state index contributed by atoms with van der Waals surface area (Å²) in [4.78, 5) is 0.0910. The number of halogens is 1. The Bertz CT molecular complexity index is 717. The van der Waals surface area contributed by atoms with Crippen LogP contribution in [0.5, 0.6) is 0 Å². The molecule has 2 N–H and O–H groups in total. The molecule has 0 radical (unpaired) electrons. The molecule has 2 aromatic rings. The van der Waals surface area contributed by atoms with Gasteiger partial charge in [-0.15, -0.1) is 0 Å². The molecule has 0 aliphatic carbocycles. The van der Waals surface area contributed by atoms with E-state index in [2.05, 4.69) is 0 Å². The molecule has 2 aromatic carbocycles. The third-order valence-corrected chi connectivity index (χ3v) is 4.89. The molecule has 0 heterocycles. The van der Waals surface area contributed by atoms with Crippen LogP contribution < -0.4 is 10.0 Å². The maximum atomic E-state index is 13.7. The zero-order valence-corrected chi connectivity index (χ0v) is 11.8. The lowest BCUT2D eigenvalue weighted by molar-refractivity contribution is 0.588. The fourth-order valence-corrected chi connectivity index (χ4v) is 3.34. The minimum absolute atomic E-state index is 0.000625. The van der Waals surface area contributed by atoms with Crippen molar-refractivity contribution < 1.29 is 12.8 Å². The minimum Gasteiger partial charge on any atom is -0.326 e. The van der Waals surface area contributed by atoms with Crippen LogP contribution in [0.1, 0.15) is 5.56 Å². The van der Waals surface area contributed by atoms with E-state index in [0.717, 1.165) is 4.31 Å². The molecule has 0 atom stereocenters. The van der Waals surface area contributed by atoms with Crippen molar-refractivity contribution in [1.29, 1.82) is 0 Å². The number of sulfonamides is 1. The number of rotatable bonds is 4. The highest BCUT2D eigenvalue weighted by Gasteiger charge is 2.25. The van der Waals surface area contributed by atoms with Crippen molar-refractivity contribution in [2.45, 2.75) is 11.4 Å². The van der Waals surface area contributed by atoms with Crippen molar-refractivity contribution in [2.75, 3.05) is 11.4 Å². The number of para-hydroxylation sites is 1. The van der Waals surface area contributed by atoms with E-state index in [-0.39, 0.29) is 17.1 Å². The number of hydrogen-bond acceptors (Lipinski definition) is 3. The van der Waals surface area contributed by atoms with Gasteiger partial charge in [0.25, 0.3) is 10.0 Å². The van der Waals surface area contributed by atoms with Gasteiger partial charge in [-0.25, -0.2) is 12.8 Å². The van der Waals surface area contributed by atoms with Crippen LogP contribution in [0.15, 0.2) is 53.4 Å². The Morgan fingerprint density at radius 1 is 1.10 bits per heavy atom. The van der Waals surface area contributed by atoms with Gasteiger partial charge >= 0.3 is 0 Å². The predicted molar refractivity (Wildman–Crippen MR) is 76.3 cm³/mol. The fraction of sp³-hybridized carbons (Fsp3) is 0.143. The summed E-state index contributed by atoms with van der Waals surface area (Å²) in [5, 5.41) is 0. The summed E-state index contributed by atoms with van der Waals surface area (Å²) in [5.41, 5.74) is 6.05. The Morgan fingerprint density at radius 2 is 1.70 bits per heavy atom. The first kappa shape index (κ1) is 14.5. The third kappa shape index (κ3) is 2.52. The van der Waals surface area contributed by atoms with Crippen molar-refractivity contribution in [2.24, 2.45) is 5.73 Å². The summed E-state index contributed by atoms with van der Waals surface area (Å²) in [6, 6.07) is 12.2. The van der Waals surface area contributed by atoms with E-state index in [1.165, 1.54) is 31.3 Å². The van der Waals surface area contributed by atoms with Crippen LogP contribution >= 0.6 is 0 Å². The largest absolute Gasteiger partial charge is 0.326 e. The number of nitrogens with zero attached hydrogens (tertiary/aromatic N) is 1. The van der Waals surface area contributed by atoms with Crippen molar-refractivity contribution in [3.8, 4) is 0 Å². The van der Waals surface area contributed by atoms with Crippen LogP contribution in [0, 0.1) is 5.82 Å². The smallest absolute Gasteiger partial charge is 0.264 e. The van der Waals surface area contributed by atoms with Gasteiger partial charge in [-0.2, -0.15) is 0 Å². The van der Waals surface area contributed by atoms with Crippen LogP contribution in [-0.2, 0) is 16.6 Å². The molecule has 0 aliphatic heterocycles. The van der Waals surface area contributed by atoms with Crippen LogP contribution in [0.2, 0.25) is 0 Å². The molecule has 4 nitrogen and oxygen atoms in total. The second kappa shape index (κ2) is 5.60. The average molecular weight is 294 g/mol. The number of benzene rings is 2. The summed E-state index contributed by atoms with van der Waals surface area (Å²) >= 11 is 0. The highest BCUT2D eigenvalue weighted by molar-refractivity contribution is 7.92. The van der Waals surface area contributed by atoms with Crippen molar-refractivity contribution in [3.05, 3.63) is 59.9 Å². The number of hydrogen-bond donors (Lipinski definition) is 1. The molecule has 0 fully saturated rings. The SMILES string of the molecule is CN(c1ccccc1F)S(=O)(=O)c1ccccc1CN. The number of nitrogens with two attached hydrogens (primary N) is 1. The van der Waals surface area contributed by atoms with Gasteiger partial charge in [-0.1, -0.05) is 30.3 Å². The Morgan fingerprint density at radius 3 is 2.35 bits per heavy atom. The van der Waals surface area contributed by atoms with Gasteiger partial charge in [0.15, 0.2) is 0 Å². The van der Waals surface area contributed by atoms with Gasteiger partial charge in [-0.3, -0.25) is 4.31 Å². The molecule has 2 rings (SSSR count). The molecule has 0 spiro atoms. The second-order valence-electron chi connectivity index (χ2n) is 4.24. The summed E-state index contributed by atoms with van der Waals surface area (Å²) in [6.45, 7) is 0.0977. The van der Waals surface area contributed by atoms with Gasteiger partial charge < -0.3 is 5.73 Å². The van der Waals surface area contributed by atoms with E-state index >= 15 is 0 Å². The van der Waals surface area contributed by atoms with Crippen LogP contribution in [-0.4, -0.2) is 15.5 Å². The normalized spacial score (nSPS) is 11.3. The first-order valence-electron chi connectivity index (χ1n) is 6.00. The van der Waals surface area contributed by atoms with Crippen LogP contribution in [0.4, 0.5) is 10.1 Å². The molecule has 0 saturated heterocycles. The topological polar surface area (TPSA) is 63.4 Å². The molecular weight excluding hydrogens is 279 g/mol. The monoisotopic (exact) mass is 294 g/mol. The summed E-state index contributed by atoms with van der Waals surface area (Å²) in [7, 11) is -2.52. The molecule has 0 amide bonds. The van der Waals surface area contributed by atoms with Crippen molar-refractivity contribution in [3.63, 3.8) is 0 Å². The maximum Gasteiger partial charge on any atom is 0.264 e. The molecule has 0 aliphatic rings. The van der Waals surface area contributed by atoms with Gasteiger partial charge in [-0.05, 0) is 23.8 Å². The Kier molecular flexibility index (Phi) is 4.06. The van der Waals surface area contributed by atoms with Gasteiger partial charge in [0, 0.05) is 13.6 Å². The lowest BCUT2D eigenvalue weighted by Crippen LogP contribution is -2.28. The standard InChI is InChI=1S/C14H15FN2O2S/c1-17(13-8-4-3-7-12(13)15)20(18,19)14-9-5-2-6-11(14)10-16/h2-9H,10,16H2,1H3. The first-order chi connectivity index (χ1) is 9.48. The molecular formula is C14H15FN2O2S.